The summed E-state index contributed by atoms with van der Waals surface area (Å²) >= 11 is 6.40. The number of nitrogens with zero attached hydrogens (tertiary/aromatic N) is 1. The molecule has 0 saturated carbocycles. The van der Waals surface area contributed by atoms with Crippen molar-refractivity contribution in [2.24, 2.45) is 0 Å². The SMILES string of the molecule is CNC(c1cncc(C)c1)c1cccc(C)c1Cl. The van der Waals surface area contributed by atoms with Crippen LogP contribution in [0.3, 0.4) is 0 Å². The molecule has 1 aromatic carbocycles. The number of hydrogen-bond acceptors (Lipinski definition) is 2. The van der Waals surface area contributed by atoms with Crippen LogP contribution in [-0.2, 0) is 0 Å². The molecular formula is C15H17ClN2. The minimum Gasteiger partial charge on any atom is -0.309 e. The summed E-state index contributed by atoms with van der Waals surface area (Å²) < 4.78 is 0. The number of halogens is 1. The van der Waals surface area contributed by atoms with Crippen LogP contribution in [0.25, 0.3) is 0 Å². The fourth-order valence-electron chi connectivity index (χ4n) is 2.13. The lowest BCUT2D eigenvalue weighted by Crippen LogP contribution is -2.18. The van der Waals surface area contributed by atoms with E-state index in [2.05, 4.69) is 22.4 Å². The van der Waals surface area contributed by atoms with Crippen molar-refractivity contribution < 1.29 is 0 Å². The van der Waals surface area contributed by atoms with Crippen molar-refractivity contribution >= 4 is 11.6 Å². The molecule has 1 heterocycles. The van der Waals surface area contributed by atoms with Gasteiger partial charge in [0, 0.05) is 17.4 Å². The van der Waals surface area contributed by atoms with Crippen LogP contribution >= 0.6 is 11.6 Å². The lowest BCUT2D eigenvalue weighted by Gasteiger charge is -2.19. The molecule has 0 aliphatic rings. The molecule has 0 fully saturated rings. The number of nitrogens with one attached hydrogen (secondary N) is 1. The van der Waals surface area contributed by atoms with Crippen molar-refractivity contribution in [2.45, 2.75) is 19.9 Å². The molecule has 0 amide bonds. The van der Waals surface area contributed by atoms with Crippen molar-refractivity contribution in [3.05, 3.63) is 63.9 Å². The molecule has 0 radical (unpaired) electrons. The molecule has 2 rings (SSSR count). The van der Waals surface area contributed by atoms with E-state index in [4.69, 9.17) is 11.6 Å². The predicted octanol–water partition coefficient (Wildman–Crippen LogP) is 3.66. The predicted molar refractivity (Wildman–Crippen MR) is 76.1 cm³/mol. The van der Waals surface area contributed by atoms with Crippen LogP contribution in [0, 0.1) is 13.8 Å². The van der Waals surface area contributed by atoms with Gasteiger partial charge in [-0.2, -0.15) is 0 Å². The van der Waals surface area contributed by atoms with Gasteiger partial charge in [-0.05, 0) is 43.1 Å². The summed E-state index contributed by atoms with van der Waals surface area (Å²) in [6.45, 7) is 4.06. The van der Waals surface area contributed by atoms with Gasteiger partial charge in [0.25, 0.3) is 0 Å². The third-order valence-corrected chi connectivity index (χ3v) is 3.57. The lowest BCUT2D eigenvalue weighted by atomic mass is 9.98. The minimum absolute atomic E-state index is 0.0739. The minimum atomic E-state index is 0.0739. The Morgan fingerprint density at radius 1 is 1.22 bits per heavy atom. The van der Waals surface area contributed by atoms with E-state index in [0.29, 0.717) is 0 Å². The van der Waals surface area contributed by atoms with Crippen molar-refractivity contribution in [3.63, 3.8) is 0 Å². The first-order valence-electron chi connectivity index (χ1n) is 5.97. The van der Waals surface area contributed by atoms with Gasteiger partial charge in [0.1, 0.15) is 0 Å². The molecule has 0 aliphatic carbocycles. The molecular weight excluding hydrogens is 244 g/mol. The van der Waals surface area contributed by atoms with E-state index in [1.807, 2.05) is 45.4 Å². The summed E-state index contributed by atoms with van der Waals surface area (Å²) in [7, 11) is 1.94. The summed E-state index contributed by atoms with van der Waals surface area (Å²) in [6, 6.07) is 8.31. The Balaban J connectivity index is 2.49. The Labute approximate surface area is 113 Å². The zero-order chi connectivity index (χ0) is 13.1. The van der Waals surface area contributed by atoms with Crippen LogP contribution < -0.4 is 5.32 Å². The standard InChI is InChI=1S/C15H17ClN2/c1-10-7-12(9-18-8-10)15(17-3)13-6-4-5-11(2)14(13)16/h4-9,15,17H,1-3H3. The smallest absolute Gasteiger partial charge is 0.0604 e. The molecule has 3 heteroatoms. The average molecular weight is 261 g/mol. The molecule has 0 bridgehead atoms. The average Bonchev–Trinajstić information content (AvgIpc) is 2.35. The highest BCUT2D eigenvalue weighted by Gasteiger charge is 2.16. The molecule has 18 heavy (non-hydrogen) atoms. The van der Waals surface area contributed by atoms with Crippen LogP contribution in [0.15, 0.2) is 36.7 Å². The zero-order valence-corrected chi connectivity index (χ0v) is 11.6. The van der Waals surface area contributed by atoms with Crippen LogP contribution in [-0.4, -0.2) is 12.0 Å². The highest BCUT2D eigenvalue weighted by atomic mass is 35.5. The second-order valence-electron chi connectivity index (χ2n) is 4.50. The molecule has 94 valence electrons. The van der Waals surface area contributed by atoms with Crippen molar-refractivity contribution in [3.8, 4) is 0 Å². The fraction of sp³-hybridized carbons (Fsp3) is 0.267. The molecule has 0 aliphatic heterocycles. The van der Waals surface area contributed by atoms with Crippen LogP contribution in [0.4, 0.5) is 0 Å². The van der Waals surface area contributed by atoms with E-state index < -0.39 is 0 Å². The maximum absolute atomic E-state index is 6.40. The lowest BCUT2D eigenvalue weighted by molar-refractivity contribution is 0.687. The number of aromatic nitrogens is 1. The summed E-state index contributed by atoms with van der Waals surface area (Å²) in [5.41, 5.74) is 4.46. The normalized spacial score (nSPS) is 12.4. The van der Waals surface area contributed by atoms with Crippen LogP contribution in [0.2, 0.25) is 5.02 Å². The molecule has 0 saturated heterocycles. The van der Waals surface area contributed by atoms with Gasteiger partial charge in [0.2, 0.25) is 0 Å². The fourth-order valence-corrected chi connectivity index (χ4v) is 2.37. The third kappa shape index (κ3) is 2.55. The molecule has 0 spiro atoms. The van der Waals surface area contributed by atoms with Crippen LogP contribution in [0.1, 0.15) is 28.3 Å². The molecule has 2 aromatic rings. The summed E-state index contributed by atoms with van der Waals surface area (Å²) in [4.78, 5) is 4.25. The Hall–Kier alpha value is -1.38. The number of hydrogen-bond donors (Lipinski definition) is 1. The second-order valence-corrected chi connectivity index (χ2v) is 4.87. The monoisotopic (exact) mass is 260 g/mol. The van der Waals surface area contributed by atoms with Gasteiger partial charge in [0.05, 0.1) is 6.04 Å². The molecule has 1 aromatic heterocycles. The van der Waals surface area contributed by atoms with Crippen molar-refractivity contribution in [1.82, 2.24) is 10.3 Å². The Morgan fingerprint density at radius 3 is 2.67 bits per heavy atom. The highest BCUT2D eigenvalue weighted by Crippen LogP contribution is 2.30. The van der Waals surface area contributed by atoms with Gasteiger partial charge in [-0.25, -0.2) is 0 Å². The maximum Gasteiger partial charge on any atom is 0.0604 e. The van der Waals surface area contributed by atoms with Gasteiger partial charge >= 0.3 is 0 Å². The largest absolute Gasteiger partial charge is 0.309 e. The Morgan fingerprint density at radius 2 is 2.00 bits per heavy atom. The van der Waals surface area contributed by atoms with Gasteiger partial charge in [0.15, 0.2) is 0 Å². The molecule has 1 N–H and O–H groups in total. The van der Waals surface area contributed by atoms with Crippen LogP contribution in [0.5, 0.6) is 0 Å². The third-order valence-electron chi connectivity index (χ3n) is 3.05. The van der Waals surface area contributed by atoms with E-state index >= 15 is 0 Å². The van der Waals surface area contributed by atoms with Gasteiger partial charge in [-0.1, -0.05) is 35.9 Å². The maximum atomic E-state index is 6.40. The van der Waals surface area contributed by atoms with E-state index in [9.17, 15) is 0 Å². The van der Waals surface area contributed by atoms with Gasteiger partial charge < -0.3 is 5.32 Å². The van der Waals surface area contributed by atoms with Crippen molar-refractivity contribution in [2.75, 3.05) is 7.05 Å². The number of rotatable bonds is 3. The molecule has 1 unspecified atom stereocenters. The number of aryl methyl sites for hydroxylation is 2. The van der Waals surface area contributed by atoms with Gasteiger partial charge in [-0.3, -0.25) is 4.98 Å². The molecule has 1 atom stereocenters. The summed E-state index contributed by atoms with van der Waals surface area (Å²) in [5.74, 6) is 0. The first-order chi connectivity index (χ1) is 8.63. The van der Waals surface area contributed by atoms with E-state index in [1.54, 1.807) is 0 Å². The highest BCUT2D eigenvalue weighted by molar-refractivity contribution is 6.32. The quantitative estimate of drug-likeness (QED) is 0.911. The first kappa shape index (κ1) is 13.1. The zero-order valence-electron chi connectivity index (χ0n) is 10.9. The Kier molecular flexibility index (Phi) is 4.00. The molecule has 2 nitrogen and oxygen atoms in total. The first-order valence-corrected chi connectivity index (χ1v) is 6.35. The van der Waals surface area contributed by atoms with Crippen molar-refractivity contribution in [1.29, 1.82) is 0 Å². The van der Waals surface area contributed by atoms with E-state index in [-0.39, 0.29) is 6.04 Å². The van der Waals surface area contributed by atoms with Gasteiger partial charge in [-0.15, -0.1) is 0 Å². The summed E-state index contributed by atoms with van der Waals surface area (Å²) in [6.07, 6.45) is 3.74. The van der Waals surface area contributed by atoms with E-state index in [0.717, 1.165) is 27.3 Å². The number of pyridine rings is 1. The summed E-state index contributed by atoms with van der Waals surface area (Å²) in [5, 5.41) is 4.12. The van der Waals surface area contributed by atoms with E-state index in [1.165, 1.54) is 0 Å². The second kappa shape index (κ2) is 5.51. The Bertz CT molecular complexity index is 552. The number of benzene rings is 1. The topological polar surface area (TPSA) is 24.9 Å².